The van der Waals surface area contributed by atoms with Crippen LogP contribution in [0.5, 0.6) is 0 Å². The molecule has 0 radical (unpaired) electrons. The zero-order valence-electron chi connectivity index (χ0n) is 22.8. The predicted octanol–water partition coefficient (Wildman–Crippen LogP) is 5.31. The molecule has 2 aromatic heterocycles. The third-order valence-corrected chi connectivity index (χ3v) is 8.63. The molecule has 1 fully saturated rings. The van der Waals surface area contributed by atoms with Gasteiger partial charge in [-0.05, 0) is 43.5 Å². The molecule has 0 aliphatic carbocycles. The quantitative estimate of drug-likeness (QED) is 0.216. The predicted molar refractivity (Wildman–Crippen MR) is 159 cm³/mol. The van der Waals surface area contributed by atoms with Crippen LogP contribution in [-0.2, 0) is 27.0 Å². The van der Waals surface area contributed by atoms with Gasteiger partial charge in [0.2, 0.25) is 12.7 Å². The van der Waals surface area contributed by atoms with Gasteiger partial charge in [0.05, 0.1) is 17.6 Å². The minimum atomic E-state index is -2.10. The number of anilines is 1. The Morgan fingerprint density at radius 2 is 1.78 bits per heavy atom. The van der Waals surface area contributed by atoms with Crippen molar-refractivity contribution < 1.29 is 18.2 Å². The monoisotopic (exact) mass is 571 g/mol. The maximum absolute atomic E-state index is 12.5. The molecule has 0 saturated carbocycles. The molecular formula is C31H33N5O4S. The van der Waals surface area contributed by atoms with E-state index < -0.39 is 16.5 Å². The second-order valence-corrected chi connectivity index (χ2v) is 11.4. The van der Waals surface area contributed by atoms with Crippen molar-refractivity contribution in [3.05, 3.63) is 107 Å². The Bertz CT molecular complexity index is 1580. The van der Waals surface area contributed by atoms with Crippen LogP contribution in [0.2, 0.25) is 0 Å². The van der Waals surface area contributed by atoms with Gasteiger partial charge in [-0.2, -0.15) is 0 Å². The van der Waals surface area contributed by atoms with E-state index in [4.69, 9.17) is 25.2 Å². The summed E-state index contributed by atoms with van der Waals surface area (Å²) >= 11 is -2.10. The Labute approximate surface area is 241 Å². The molecule has 2 aliphatic heterocycles. The molecule has 10 heteroatoms. The van der Waals surface area contributed by atoms with Crippen molar-refractivity contribution >= 4 is 22.7 Å². The highest BCUT2D eigenvalue weighted by atomic mass is 32.2. The number of nitrogen functional groups attached to an aromatic ring is 1. The molecule has 4 heterocycles. The number of piperidine rings is 1. The van der Waals surface area contributed by atoms with Gasteiger partial charge in [-0.1, -0.05) is 54.6 Å². The summed E-state index contributed by atoms with van der Waals surface area (Å²) in [6.07, 6.45) is 3.95. The number of allylic oxidation sites excluding steroid dienone is 1. The second-order valence-electron chi connectivity index (χ2n) is 10.4. The molecule has 2 unspecified atom stereocenters. The lowest BCUT2D eigenvalue weighted by Crippen LogP contribution is -2.38. The Kier molecular flexibility index (Phi) is 7.86. The van der Waals surface area contributed by atoms with E-state index in [2.05, 4.69) is 16.7 Å². The molecule has 2 aliphatic rings. The molecule has 2 aromatic carbocycles. The van der Waals surface area contributed by atoms with Gasteiger partial charge in [-0.25, -0.2) is 9.19 Å². The SMILES string of the molecule is Cc1cccc(-c2cnc(C3CCN(C(c4ccccc4N)S(=O)O)CC3)n2C2=C(Cc3ccccc3)OCO2)n1. The molecule has 6 rings (SSSR count). The molecule has 9 nitrogen and oxygen atoms in total. The molecule has 0 amide bonds. The average molecular weight is 572 g/mol. The first-order valence-electron chi connectivity index (χ1n) is 13.7. The number of rotatable bonds is 8. The third kappa shape index (κ3) is 5.63. The van der Waals surface area contributed by atoms with E-state index in [1.807, 2.05) is 72.6 Å². The summed E-state index contributed by atoms with van der Waals surface area (Å²) in [5, 5.41) is -0.685. The van der Waals surface area contributed by atoms with Crippen LogP contribution in [0.4, 0.5) is 5.69 Å². The largest absolute Gasteiger partial charge is 0.456 e. The maximum atomic E-state index is 12.5. The molecular weight excluding hydrogens is 538 g/mol. The number of benzene rings is 2. The number of aryl methyl sites for hydroxylation is 1. The van der Waals surface area contributed by atoms with Crippen LogP contribution in [0.1, 0.15) is 46.8 Å². The van der Waals surface area contributed by atoms with Gasteiger partial charge in [-0.15, -0.1) is 0 Å². The molecule has 41 heavy (non-hydrogen) atoms. The summed E-state index contributed by atoms with van der Waals surface area (Å²) in [5.74, 6) is 2.35. The normalized spacial score (nSPS) is 17.7. The lowest BCUT2D eigenvalue weighted by molar-refractivity contribution is 0.0820. The Morgan fingerprint density at radius 3 is 2.51 bits per heavy atom. The zero-order valence-corrected chi connectivity index (χ0v) is 23.7. The Balaban J connectivity index is 1.34. The molecule has 3 N–H and O–H groups in total. The van der Waals surface area contributed by atoms with Crippen molar-refractivity contribution in [2.24, 2.45) is 0 Å². The number of aromatic nitrogens is 3. The lowest BCUT2D eigenvalue weighted by Gasteiger charge is -2.36. The van der Waals surface area contributed by atoms with Gasteiger partial charge >= 0.3 is 0 Å². The number of nitrogens with zero attached hydrogens (tertiary/aromatic N) is 4. The van der Waals surface area contributed by atoms with Gasteiger partial charge in [-0.3, -0.25) is 14.5 Å². The smallest absolute Gasteiger partial charge is 0.242 e. The number of nitrogens with two attached hydrogens (primary N) is 1. The highest BCUT2D eigenvalue weighted by Gasteiger charge is 2.35. The van der Waals surface area contributed by atoms with E-state index >= 15 is 0 Å². The van der Waals surface area contributed by atoms with Gasteiger partial charge in [0.1, 0.15) is 11.2 Å². The van der Waals surface area contributed by atoms with Crippen molar-refractivity contribution in [3.8, 4) is 11.4 Å². The Morgan fingerprint density at radius 1 is 1.02 bits per heavy atom. The summed E-state index contributed by atoms with van der Waals surface area (Å²) in [6.45, 7) is 3.34. The van der Waals surface area contributed by atoms with E-state index in [-0.39, 0.29) is 12.7 Å². The van der Waals surface area contributed by atoms with Crippen LogP contribution in [-0.4, -0.2) is 48.1 Å². The molecule has 2 atom stereocenters. The highest BCUT2D eigenvalue weighted by molar-refractivity contribution is 7.79. The number of hydrogen-bond acceptors (Lipinski definition) is 7. The van der Waals surface area contributed by atoms with Crippen LogP contribution < -0.4 is 5.73 Å². The van der Waals surface area contributed by atoms with E-state index in [0.29, 0.717) is 36.6 Å². The second kappa shape index (κ2) is 11.9. The summed E-state index contributed by atoms with van der Waals surface area (Å²) < 4.78 is 36.9. The van der Waals surface area contributed by atoms with Crippen molar-refractivity contribution in [1.29, 1.82) is 0 Å². The van der Waals surface area contributed by atoms with E-state index in [1.54, 1.807) is 6.07 Å². The molecule has 212 valence electrons. The number of para-hydroxylation sites is 1. The fourth-order valence-corrected chi connectivity index (χ4v) is 6.59. The van der Waals surface area contributed by atoms with Gasteiger partial charge in [0, 0.05) is 42.4 Å². The summed E-state index contributed by atoms with van der Waals surface area (Å²) in [5.41, 5.74) is 11.1. The van der Waals surface area contributed by atoms with Crippen molar-refractivity contribution in [3.63, 3.8) is 0 Å². The fourth-order valence-electron chi connectivity index (χ4n) is 5.69. The fraction of sp³-hybridized carbons (Fsp3) is 0.290. The maximum Gasteiger partial charge on any atom is 0.242 e. The Hall–Kier alpha value is -3.99. The topological polar surface area (TPSA) is 116 Å². The molecule has 0 bridgehead atoms. The van der Waals surface area contributed by atoms with Crippen LogP contribution in [0.25, 0.3) is 17.3 Å². The van der Waals surface area contributed by atoms with Gasteiger partial charge in [0.15, 0.2) is 16.8 Å². The molecule has 0 spiro atoms. The number of ether oxygens (including phenoxy) is 2. The summed E-state index contributed by atoms with van der Waals surface area (Å²) in [6, 6.07) is 23.4. The van der Waals surface area contributed by atoms with Crippen molar-refractivity contribution in [1.82, 2.24) is 19.4 Å². The van der Waals surface area contributed by atoms with Crippen LogP contribution in [0, 0.1) is 6.92 Å². The van der Waals surface area contributed by atoms with Crippen LogP contribution >= 0.6 is 0 Å². The van der Waals surface area contributed by atoms with Crippen molar-refractivity contribution in [2.45, 2.75) is 37.5 Å². The average Bonchev–Trinajstić information content (AvgIpc) is 3.62. The number of likely N-dealkylation sites (tertiary alicyclic amines) is 1. The highest BCUT2D eigenvalue weighted by Crippen LogP contribution is 2.38. The minimum absolute atomic E-state index is 0.0976. The zero-order chi connectivity index (χ0) is 28.3. The first-order chi connectivity index (χ1) is 20.0. The van der Waals surface area contributed by atoms with Gasteiger partial charge < -0.3 is 19.8 Å². The van der Waals surface area contributed by atoms with E-state index in [1.165, 1.54) is 0 Å². The van der Waals surface area contributed by atoms with Crippen molar-refractivity contribution in [2.75, 3.05) is 25.6 Å². The lowest BCUT2D eigenvalue weighted by atomic mass is 9.95. The van der Waals surface area contributed by atoms with E-state index in [9.17, 15) is 8.76 Å². The molecule has 4 aromatic rings. The van der Waals surface area contributed by atoms with Crippen LogP contribution in [0.3, 0.4) is 0 Å². The first kappa shape index (κ1) is 27.2. The number of imidazole rings is 1. The number of hydrogen-bond donors (Lipinski definition) is 2. The standard InChI is InChI=1S/C31H33N5O4S/c1-21-8-7-13-26(34-21)27-19-33-29(36(27)30-28(39-20-40-30)18-22-9-3-2-4-10-22)23-14-16-35(17-15-23)31(41(37)38)24-11-5-6-12-25(24)32/h2-13,19,23,31H,14-18,20,32H2,1H3,(H,37,38). The molecule has 1 saturated heterocycles. The summed E-state index contributed by atoms with van der Waals surface area (Å²) in [7, 11) is 0. The van der Waals surface area contributed by atoms with E-state index in [0.717, 1.165) is 47.1 Å². The third-order valence-electron chi connectivity index (χ3n) is 7.70. The summed E-state index contributed by atoms with van der Waals surface area (Å²) in [4.78, 5) is 11.7. The minimum Gasteiger partial charge on any atom is -0.456 e. The first-order valence-corrected chi connectivity index (χ1v) is 14.9. The van der Waals surface area contributed by atoms with Gasteiger partial charge in [0.25, 0.3) is 0 Å². The number of pyridine rings is 1. The van der Waals surface area contributed by atoms with Crippen LogP contribution in [0.15, 0.2) is 84.8 Å².